The number of halogens is 2. The summed E-state index contributed by atoms with van der Waals surface area (Å²) in [7, 11) is 0. The van der Waals surface area contributed by atoms with Crippen LogP contribution in [0.5, 0.6) is 0 Å². The summed E-state index contributed by atoms with van der Waals surface area (Å²) < 4.78 is 0.764. The Balaban J connectivity index is 2.88. The monoisotopic (exact) mass is 124 g/mol. The smallest absolute Gasteiger partial charge is 0.117 e. The van der Waals surface area contributed by atoms with Gasteiger partial charge in [0, 0.05) is 0 Å². The maximum Gasteiger partial charge on any atom is 0.117 e. The molecule has 0 aliphatic rings. The molecule has 0 aromatic heterocycles. The third-order valence-corrected chi connectivity index (χ3v) is 0.429. The molecule has 0 saturated heterocycles. The summed E-state index contributed by atoms with van der Waals surface area (Å²) in [5.41, 5.74) is 0. The topological polar surface area (TPSA) is 27.0 Å². The molecule has 0 aromatic rings. The van der Waals surface area contributed by atoms with E-state index in [2.05, 4.69) is 0 Å². The van der Waals surface area contributed by atoms with Gasteiger partial charge in [-0.1, -0.05) is 0 Å². The molecule has 0 aromatic carbocycles. The van der Waals surface area contributed by atoms with Crippen LogP contribution < -0.4 is 0 Å². The van der Waals surface area contributed by atoms with E-state index in [0.717, 1.165) is 3.94 Å². The number of hydrogen-bond acceptors (Lipinski definition) is 2. The van der Waals surface area contributed by atoms with Gasteiger partial charge in [-0.2, -0.15) is 5.26 Å². The third kappa shape index (κ3) is 4.03. The van der Waals surface area contributed by atoms with Gasteiger partial charge in [-0.05, 0) is 23.6 Å². The fraction of sp³-hybridized carbons (Fsp3) is 0.500. The van der Waals surface area contributed by atoms with Gasteiger partial charge in [0.15, 0.2) is 0 Å². The molecule has 0 rings (SSSR count). The Morgan fingerprint density at radius 1 is 1.67 bits per heavy atom. The molecule has 4 heteroatoms. The molecule has 0 bridgehead atoms. The van der Waals surface area contributed by atoms with Crippen molar-refractivity contribution in [2.24, 2.45) is 0 Å². The van der Waals surface area contributed by atoms with Crippen LogP contribution >= 0.6 is 23.6 Å². The second kappa shape index (κ2) is 3.23. The van der Waals surface area contributed by atoms with Crippen molar-refractivity contribution >= 4 is 23.6 Å². The van der Waals surface area contributed by atoms with Crippen molar-refractivity contribution in [3.05, 3.63) is 0 Å². The van der Waals surface area contributed by atoms with Crippen LogP contribution in [0.25, 0.3) is 0 Å². The first kappa shape index (κ1) is 6.03. The van der Waals surface area contributed by atoms with Gasteiger partial charge in [-0.25, -0.2) is 0 Å². The molecule has 0 amide bonds. The lowest BCUT2D eigenvalue weighted by atomic mass is 10.8. The predicted molar refractivity (Wildman–Crippen MR) is 24.0 cm³/mol. The fourth-order valence-corrected chi connectivity index (χ4v) is 0.160. The molecule has 0 atom stereocenters. The van der Waals surface area contributed by atoms with Crippen molar-refractivity contribution in [2.45, 2.75) is 0 Å². The molecule has 2 nitrogen and oxygen atoms in total. The van der Waals surface area contributed by atoms with E-state index in [-0.39, 0.29) is 6.54 Å². The van der Waals surface area contributed by atoms with E-state index in [1.54, 1.807) is 6.07 Å². The van der Waals surface area contributed by atoms with Crippen LogP contribution in [0, 0.1) is 11.3 Å². The van der Waals surface area contributed by atoms with Crippen LogP contribution in [0.2, 0.25) is 0 Å². The maximum absolute atomic E-state index is 7.78. The highest BCUT2D eigenvalue weighted by Gasteiger charge is 1.86. The Hall–Kier alpha value is 0.0300. The lowest BCUT2D eigenvalue weighted by molar-refractivity contribution is 0.809. The van der Waals surface area contributed by atoms with E-state index in [4.69, 9.17) is 28.8 Å². The van der Waals surface area contributed by atoms with E-state index < -0.39 is 0 Å². The third-order valence-electron chi connectivity index (χ3n) is 0.190. The fourth-order valence-electron chi connectivity index (χ4n) is 0.0535. The van der Waals surface area contributed by atoms with Crippen LogP contribution in [-0.4, -0.2) is 10.5 Å². The minimum atomic E-state index is 0.0448. The summed E-state index contributed by atoms with van der Waals surface area (Å²) in [6.45, 7) is 0.0448. The highest BCUT2D eigenvalue weighted by atomic mass is 35.5. The van der Waals surface area contributed by atoms with Gasteiger partial charge < -0.3 is 0 Å². The lowest BCUT2D eigenvalue weighted by Gasteiger charge is -1.88. The number of nitriles is 1. The summed E-state index contributed by atoms with van der Waals surface area (Å²) in [5.74, 6) is 0. The van der Waals surface area contributed by atoms with Gasteiger partial charge in [0.25, 0.3) is 0 Å². The van der Waals surface area contributed by atoms with Crippen LogP contribution in [0.15, 0.2) is 0 Å². The first-order chi connectivity index (χ1) is 2.77. The molecule has 0 unspecified atom stereocenters. The summed E-state index contributed by atoms with van der Waals surface area (Å²) in [6.07, 6.45) is 0. The zero-order valence-electron chi connectivity index (χ0n) is 2.86. The molecule has 6 heavy (non-hydrogen) atoms. The average molecular weight is 125 g/mol. The molecule has 0 aliphatic carbocycles. The minimum Gasteiger partial charge on any atom is -0.197 e. The number of rotatable bonds is 1. The average Bonchev–Trinajstić information content (AvgIpc) is 1.35. The molecular weight excluding hydrogens is 123 g/mol. The van der Waals surface area contributed by atoms with Crippen LogP contribution in [0.3, 0.4) is 0 Å². The van der Waals surface area contributed by atoms with Crippen molar-refractivity contribution in [3.63, 3.8) is 0 Å². The van der Waals surface area contributed by atoms with Gasteiger partial charge in [0.1, 0.15) is 6.54 Å². The Kier molecular flexibility index (Phi) is 3.24. The lowest BCUT2D eigenvalue weighted by Crippen LogP contribution is -1.94. The maximum atomic E-state index is 7.78. The second-order valence-electron chi connectivity index (χ2n) is 0.619. The highest BCUT2D eigenvalue weighted by molar-refractivity contribution is 6.33. The predicted octanol–water partition coefficient (Wildman–Crippen LogP) is 1.12. The molecular formula is C2H2Cl2N2. The molecule has 0 fully saturated rings. The standard InChI is InChI=1S/C2H2Cl2N2/c3-6(4)2-1-5/h2H2. The first-order valence-electron chi connectivity index (χ1n) is 1.23. The highest BCUT2D eigenvalue weighted by Crippen LogP contribution is 1.93. The molecule has 0 spiro atoms. The van der Waals surface area contributed by atoms with Crippen molar-refractivity contribution in [1.82, 2.24) is 3.94 Å². The van der Waals surface area contributed by atoms with E-state index in [9.17, 15) is 0 Å². The van der Waals surface area contributed by atoms with Crippen LogP contribution in [0.1, 0.15) is 0 Å². The van der Waals surface area contributed by atoms with Crippen molar-refractivity contribution in [2.75, 3.05) is 6.54 Å². The van der Waals surface area contributed by atoms with Crippen LogP contribution in [0.4, 0.5) is 0 Å². The normalized spacial score (nSPS) is 8.33. The molecule has 0 aliphatic heterocycles. The minimum absolute atomic E-state index is 0.0448. The summed E-state index contributed by atoms with van der Waals surface area (Å²) in [5, 5.41) is 7.78. The zero-order valence-corrected chi connectivity index (χ0v) is 4.37. The summed E-state index contributed by atoms with van der Waals surface area (Å²) in [6, 6.07) is 1.73. The number of nitrogens with zero attached hydrogens (tertiary/aromatic N) is 2. The quantitative estimate of drug-likeness (QED) is 0.387. The summed E-state index contributed by atoms with van der Waals surface area (Å²) >= 11 is 9.91. The van der Waals surface area contributed by atoms with Crippen molar-refractivity contribution in [1.29, 1.82) is 5.26 Å². The van der Waals surface area contributed by atoms with E-state index in [1.807, 2.05) is 0 Å². The molecule has 0 N–H and O–H groups in total. The zero-order chi connectivity index (χ0) is 4.99. The molecule has 0 saturated carbocycles. The van der Waals surface area contributed by atoms with Crippen LogP contribution in [-0.2, 0) is 0 Å². The van der Waals surface area contributed by atoms with Crippen molar-refractivity contribution < 1.29 is 0 Å². The SMILES string of the molecule is N#CCN(Cl)Cl. The van der Waals surface area contributed by atoms with Gasteiger partial charge in [0.2, 0.25) is 0 Å². The van der Waals surface area contributed by atoms with Gasteiger partial charge in [-0.15, -0.1) is 3.94 Å². The molecule has 0 heterocycles. The molecule has 34 valence electrons. The van der Waals surface area contributed by atoms with Crippen molar-refractivity contribution in [3.8, 4) is 6.07 Å². The van der Waals surface area contributed by atoms with Gasteiger partial charge >= 0.3 is 0 Å². The Bertz CT molecular complexity index is 64.4. The van der Waals surface area contributed by atoms with E-state index >= 15 is 0 Å². The Labute approximate surface area is 46.1 Å². The van der Waals surface area contributed by atoms with E-state index in [0.29, 0.717) is 0 Å². The number of hydrogen-bond donors (Lipinski definition) is 0. The van der Waals surface area contributed by atoms with E-state index in [1.165, 1.54) is 0 Å². The first-order valence-corrected chi connectivity index (χ1v) is 1.91. The molecule has 0 radical (unpaired) electrons. The Morgan fingerprint density at radius 3 is 2.17 bits per heavy atom. The summed E-state index contributed by atoms with van der Waals surface area (Å²) in [4.78, 5) is 0. The van der Waals surface area contributed by atoms with Gasteiger partial charge in [0.05, 0.1) is 6.07 Å². The second-order valence-corrected chi connectivity index (χ2v) is 1.61. The Morgan fingerprint density at radius 2 is 2.17 bits per heavy atom. The largest absolute Gasteiger partial charge is 0.197 e. The van der Waals surface area contributed by atoms with Gasteiger partial charge in [-0.3, -0.25) is 0 Å².